The van der Waals surface area contributed by atoms with Gasteiger partial charge in [-0.2, -0.15) is 0 Å². The fraction of sp³-hybridized carbons (Fsp3) is 0.462. The van der Waals surface area contributed by atoms with Gasteiger partial charge in [0, 0.05) is 11.8 Å². The quantitative estimate of drug-likeness (QED) is 0.903. The predicted octanol–water partition coefficient (Wildman–Crippen LogP) is 2.24. The number of aromatic nitrogens is 3. The zero-order chi connectivity index (χ0) is 13.4. The number of hydrogen-bond acceptors (Lipinski definition) is 3. The summed E-state index contributed by atoms with van der Waals surface area (Å²) in [6.45, 7) is 7.77. The number of carboxylic acid groups (broad SMARTS) is 1. The molecule has 0 aliphatic heterocycles. The van der Waals surface area contributed by atoms with Gasteiger partial charge in [0.2, 0.25) is 0 Å². The number of nitrogens with zero attached hydrogens (tertiary/aromatic N) is 3. The molecule has 0 saturated heterocycles. The SMILES string of the molecule is Cc1nc2cc(CC(C)C)nc(C)n2c1C(=O)O. The third kappa shape index (κ3) is 2.08. The molecule has 0 saturated carbocycles. The lowest BCUT2D eigenvalue weighted by Gasteiger charge is -2.07. The summed E-state index contributed by atoms with van der Waals surface area (Å²) in [6, 6.07) is 1.87. The molecule has 0 aliphatic carbocycles. The Morgan fingerprint density at radius 2 is 2.06 bits per heavy atom. The summed E-state index contributed by atoms with van der Waals surface area (Å²) in [5, 5.41) is 9.20. The maximum Gasteiger partial charge on any atom is 0.354 e. The molecule has 2 aromatic rings. The molecule has 0 bridgehead atoms. The molecule has 18 heavy (non-hydrogen) atoms. The van der Waals surface area contributed by atoms with E-state index in [1.54, 1.807) is 11.3 Å². The molecule has 0 unspecified atom stereocenters. The van der Waals surface area contributed by atoms with Crippen molar-refractivity contribution in [2.24, 2.45) is 5.92 Å². The van der Waals surface area contributed by atoms with Crippen LogP contribution in [0.15, 0.2) is 6.07 Å². The van der Waals surface area contributed by atoms with Gasteiger partial charge >= 0.3 is 5.97 Å². The minimum absolute atomic E-state index is 0.200. The summed E-state index contributed by atoms with van der Waals surface area (Å²) in [5.74, 6) is 0.206. The van der Waals surface area contributed by atoms with Gasteiger partial charge in [-0.1, -0.05) is 13.8 Å². The van der Waals surface area contributed by atoms with Crippen LogP contribution in [0.3, 0.4) is 0 Å². The van der Waals surface area contributed by atoms with E-state index < -0.39 is 5.97 Å². The summed E-state index contributed by atoms with van der Waals surface area (Å²) in [7, 11) is 0. The first-order valence-corrected chi connectivity index (χ1v) is 5.99. The number of rotatable bonds is 3. The molecular formula is C13H17N3O2. The minimum atomic E-state index is -0.971. The Bertz CT molecular complexity index is 614. The van der Waals surface area contributed by atoms with Crippen LogP contribution in [0, 0.1) is 19.8 Å². The third-order valence-corrected chi connectivity index (χ3v) is 2.82. The molecule has 5 heteroatoms. The van der Waals surface area contributed by atoms with Gasteiger partial charge in [-0.3, -0.25) is 4.40 Å². The standard InChI is InChI=1S/C13H17N3O2/c1-7(2)5-10-6-11-14-8(3)12(13(17)18)16(11)9(4)15-10/h6-7H,5H2,1-4H3,(H,17,18). The predicted molar refractivity (Wildman–Crippen MR) is 68.0 cm³/mol. The highest BCUT2D eigenvalue weighted by molar-refractivity contribution is 5.88. The Morgan fingerprint density at radius 3 is 2.61 bits per heavy atom. The minimum Gasteiger partial charge on any atom is -0.477 e. The normalized spacial score (nSPS) is 11.4. The van der Waals surface area contributed by atoms with E-state index in [1.807, 2.05) is 13.0 Å². The molecule has 0 amide bonds. The topological polar surface area (TPSA) is 67.5 Å². The van der Waals surface area contributed by atoms with Gasteiger partial charge in [0.1, 0.15) is 11.5 Å². The second-order valence-corrected chi connectivity index (χ2v) is 4.94. The monoisotopic (exact) mass is 247 g/mol. The van der Waals surface area contributed by atoms with Crippen molar-refractivity contribution in [2.75, 3.05) is 0 Å². The molecule has 0 aliphatic rings. The fourth-order valence-corrected chi connectivity index (χ4v) is 2.19. The summed E-state index contributed by atoms with van der Waals surface area (Å²) < 4.78 is 1.60. The number of hydrogen-bond donors (Lipinski definition) is 1. The summed E-state index contributed by atoms with van der Waals surface area (Å²) in [4.78, 5) is 20.0. The number of carbonyl (C=O) groups is 1. The molecule has 2 rings (SSSR count). The van der Waals surface area contributed by atoms with Crippen molar-refractivity contribution in [3.05, 3.63) is 29.0 Å². The molecule has 0 aromatic carbocycles. The highest BCUT2D eigenvalue weighted by Gasteiger charge is 2.18. The molecule has 0 fully saturated rings. The Balaban J connectivity index is 2.66. The van der Waals surface area contributed by atoms with Gasteiger partial charge in [-0.05, 0) is 26.2 Å². The van der Waals surface area contributed by atoms with Gasteiger partial charge in [-0.25, -0.2) is 14.8 Å². The first-order chi connectivity index (χ1) is 8.40. The van der Waals surface area contributed by atoms with Crippen LogP contribution in [0.1, 0.15) is 41.5 Å². The van der Waals surface area contributed by atoms with Crippen LogP contribution in [-0.2, 0) is 6.42 Å². The lowest BCUT2D eigenvalue weighted by atomic mass is 10.1. The van der Waals surface area contributed by atoms with E-state index in [0.717, 1.165) is 12.1 Å². The van der Waals surface area contributed by atoms with Crippen LogP contribution >= 0.6 is 0 Å². The van der Waals surface area contributed by atoms with Crippen LogP contribution in [0.2, 0.25) is 0 Å². The Morgan fingerprint density at radius 1 is 1.39 bits per heavy atom. The van der Waals surface area contributed by atoms with Crippen LogP contribution < -0.4 is 0 Å². The van der Waals surface area contributed by atoms with E-state index in [4.69, 9.17) is 0 Å². The van der Waals surface area contributed by atoms with Crippen LogP contribution in [0.4, 0.5) is 0 Å². The smallest absolute Gasteiger partial charge is 0.354 e. The van der Waals surface area contributed by atoms with E-state index in [0.29, 0.717) is 23.1 Å². The average molecular weight is 247 g/mol. The molecule has 96 valence electrons. The van der Waals surface area contributed by atoms with Crippen LogP contribution in [-0.4, -0.2) is 25.4 Å². The van der Waals surface area contributed by atoms with Crippen molar-refractivity contribution < 1.29 is 9.90 Å². The number of aryl methyl sites for hydroxylation is 2. The van der Waals surface area contributed by atoms with E-state index in [9.17, 15) is 9.90 Å². The zero-order valence-electron chi connectivity index (χ0n) is 11.1. The second-order valence-electron chi connectivity index (χ2n) is 4.94. The van der Waals surface area contributed by atoms with Gasteiger partial charge < -0.3 is 5.11 Å². The van der Waals surface area contributed by atoms with Crippen LogP contribution in [0.5, 0.6) is 0 Å². The first kappa shape index (κ1) is 12.5. The molecular weight excluding hydrogens is 230 g/mol. The number of imidazole rings is 1. The van der Waals surface area contributed by atoms with Crippen molar-refractivity contribution in [1.29, 1.82) is 0 Å². The van der Waals surface area contributed by atoms with Gasteiger partial charge in [0.05, 0.1) is 5.69 Å². The second kappa shape index (κ2) is 4.40. The lowest BCUT2D eigenvalue weighted by molar-refractivity contribution is 0.0688. The number of carboxylic acids is 1. The molecule has 1 N–H and O–H groups in total. The number of fused-ring (bicyclic) bond motifs is 1. The summed E-state index contributed by atoms with van der Waals surface area (Å²) in [5.41, 5.74) is 2.34. The van der Waals surface area contributed by atoms with Crippen molar-refractivity contribution in [1.82, 2.24) is 14.4 Å². The van der Waals surface area contributed by atoms with Gasteiger partial charge in [0.15, 0.2) is 5.69 Å². The highest BCUT2D eigenvalue weighted by Crippen LogP contribution is 2.16. The van der Waals surface area contributed by atoms with E-state index >= 15 is 0 Å². The first-order valence-electron chi connectivity index (χ1n) is 5.99. The van der Waals surface area contributed by atoms with Gasteiger partial charge in [0.25, 0.3) is 0 Å². The molecule has 2 aromatic heterocycles. The molecule has 2 heterocycles. The Kier molecular flexibility index (Phi) is 3.07. The molecule has 0 spiro atoms. The van der Waals surface area contributed by atoms with E-state index in [1.165, 1.54) is 0 Å². The lowest BCUT2D eigenvalue weighted by Crippen LogP contribution is -2.09. The van der Waals surface area contributed by atoms with Crippen molar-refractivity contribution in [3.63, 3.8) is 0 Å². The Hall–Kier alpha value is -1.91. The highest BCUT2D eigenvalue weighted by atomic mass is 16.4. The van der Waals surface area contributed by atoms with Crippen molar-refractivity contribution in [2.45, 2.75) is 34.1 Å². The average Bonchev–Trinajstić information content (AvgIpc) is 2.53. The van der Waals surface area contributed by atoms with Crippen molar-refractivity contribution in [3.8, 4) is 0 Å². The molecule has 0 atom stereocenters. The zero-order valence-corrected chi connectivity index (χ0v) is 11.1. The third-order valence-electron chi connectivity index (χ3n) is 2.82. The summed E-state index contributed by atoms with van der Waals surface area (Å²) in [6.07, 6.45) is 0.867. The summed E-state index contributed by atoms with van der Waals surface area (Å²) >= 11 is 0. The molecule has 5 nitrogen and oxygen atoms in total. The maximum atomic E-state index is 11.2. The maximum absolute atomic E-state index is 11.2. The molecule has 0 radical (unpaired) electrons. The van der Waals surface area contributed by atoms with Gasteiger partial charge in [-0.15, -0.1) is 0 Å². The van der Waals surface area contributed by atoms with Crippen molar-refractivity contribution >= 4 is 11.6 Å². The van der Waals surface area contributed by atoms with Crippen LogP contribution in [0.25, 0.3) is 5.65 Å². The largest absolute Gasteiger partial charge is 0.477 e. The number of aromatic carboxylic acids is 1. The van der Waals surface area contributed by atoms with E-state index in [2.05, 4.69) is 23.8 Å². The fourth-order valence-electron chi connectivity index (χ4n) is 2.19. The van der Waals surface area contributed by atoms with E-state index in [-0.39, 0.29) is 5.69 Å². The Labute approximate surface area is 105 Å².